The van der Waals surface area contributed by atoms with Crippen LogP contribution in [-0.4, -0.2) is 30.1 Å². The summed E-state index contributed by atoms with van der Waals surface area (Å²) < 4.78 is 0. The maximum absolute atomic E-state index is 6.27. The molecule has 1 aliphatic carbocycles. The second-order valence-electron chi connectivity index (χ2n) is 7.32. The van der Waals surface area contributed by atoms with Crippen LogP contribution in [0.4, 0.5) is 0 Å². The zero-order valence-electron chi connectivity index (χ0n) is 12.9. The molecule has 110 valence electrons. The van der Waals surface area contributed by atoms with Crippen molar-refractivity contribution < 1.29 is 0 Å². The molecule has 2 heteroatoms. The summed E-state index contributed by atoms with van der Waals surface area (Å²) in [6, 6.07) is 11.0. The number of likely N-dealkylation sites (tertiary alicyclic amines) is 1. The Balaban J connectivity index is 1.80. The van der Waals surface area contributed by atoms with E-state index < -0.39 is 0 Å². The van der Waals surface area contributed by atoms with Gasteiger partial charge in [-0.15, -0.1) is 0 Å². The summed E-state index contributed by atoms with van der Waals surface area (Å²) in [5.41, 5.74) is 8.35. The molecule has 2 fully saturated rings. The molecule has 2 unspecified atom stereocenters. The lowest BCUT2D eigenvalue weighted by Gasteiger charge is -2.48. The molecule has 1 saturated carbocycles. The largest absolute Gasteiger partial charge is 0.329 e. The van der Waals surface area contributed by atoms with Crippen molar-refractivity contribution in [1.82, 2.24) is 4.90 Å². The van der Waals surface area contributed by atoms with Crippen molar-refractivity contribution in [2.45, 2.75) is 51.0 Å². The molecule has 3 rings (SSSR count). The van der Waals surface area contributed by atoms with E-state index in [1.54, 1.807) is 0 Å². The minimum absolute atomic E-state index is 0.233. The van der Waals surface area contributed by atoms with Gasteiger partial charge in [-0.05, 0) is 42.7 Å². The lowest BCUT2D eigenvalue weighted by molar-refractivity contribution is 0.0307. The Hall–Kier alpha value is -0.860. The second kappa shape index (κ2) is 5.16. The van der Waals surface area contributed by atoms with Crippen molar-refractivity contribution >= 4 is 0 Å². The second-order valence-corrected chi connectivity index (χ2v) is 7.32. The zero-order chi connectivity index (χ0) is 14.2. The standard InChI is InChI=1S/C18H28N2/c1-17(2)10-6-11-18(17,14-19)20-12-9-16(13-20)15-7-4-3-5-8-15/h3-5,7-8,16H,6,9-14,19H2,1-2H3. The predicted molar refractivity (Wildman–Crippen MR) is 84.8 cm³/mol. The average molecular weight is 272 g/mol. The molecular formula is C18H28N2. The SMILES string of the molecule is CC1(C)CCCC1(CN)N1CCC(c2ccccc2)C1. The number of hydrogen-bond donors (Lipinski definition) is 1. The number of benzene rings is 1. The fraction of sp³-hybridized carbons (Fsp3) is 0.667. The molecule has 0 aromatic heterocycles. The lowest BCUT2D eigenvalue weighted by Crippen LogP contribution is -2.59. The Morgan fingerprint density at radius 3 is 2.55 bits per heavy atom. The first-order valence-electron chi connectivity index (χ1n) is 8.09. The highest BCUT2D eigenvalue weighted by Crippen LogP contribution is 2.51. The van der Waals surface area contributed by atoms with E-state index in [2.05, 4.69) is 49.1 Å². The minimum Gasteiger partial charge on any atom is -0.329 e. The summed E-state index contributed by atoms with van der Waals surface area (Å²) in [6.07, 6.45) is 5.20. The first-order valence-corrected chi connectivity index (χ1v) is 8.09. The Kier molecular flexibility index (Phi) is 3.64. The van der Waals surface area contributed by atoms with Gasteiger partial charge in [-0.3, -0.25) is 4.90 Å². The predicted octanol–water partition coefficient (Wildman–Crippen LogP) is 3.38. The number of nitrogens with two attached hydrogens (primary N) is 1. The normalized spacial score (nSPS) is 33.6. The summed E-state index contributed by atoms with van der Waals surface area (Å²) in [5, 5.41) is 0. The van der Waals surface area contributed by atoms with E-state index in [0.717, 1.165) is 6.54 Å². The summed E-state index contributed by atoms with van der Waals surface area (Å²) in [5.74, 6) is 0.691. The third-order valence-electron chi connectivity index (χ3n) is 6.05. The van der Waals surface area contributed by atoms with Gasteiger partial charge in [0.05, 0.1) is 0 Å². The van der Waals surface area contributed by atoms with Gasteiger partial charge in [-0.1, -0.05) is 50.6 Å². The quantitative estimate of drug-likeness (QED) is 0.914. The highest BCUT2D eigenvalue weighted by Gasteiger charge is 2.52. The number of nitrogens with zero attached hydrogens (tertiary/aromatic N) is 1. The smallest absolute Gasteiger partial charge is 0.0382 e. The van der Waals surface area contributed by atoms with E-state index >= 15 is 0 Å². The van der Waals surface area contributed by atoms with E-state index in [1.165, 1.54) is 44.3 Å². The van der Waals surface area contributed by atoms with Crippen molar-refractivity contribution in [2.24, 2.45) is 11.1 Å². The van der Waals surface area contributed by atoms with Crippen molar-refractivity contribution in [3.8, 4) is 0 Å². The molecule has 1 aliphatic heterocycles. The van der Waals surface area contributed by atoms with Crippen LogP contribution in [0.1, 0.15) is 51.0 Å². The lowest BCUT2D eigenvalue weighted by atomic mass is 9.73. The van der Waals surface area contributed by atoms with Gasteiger partial charge in [0.1, 0.15) is 0 Å². The third-order valence-corrected chi connectivity index (χ3v) is 6.05. The van der Waals surface area contributed by atoms with Crippen LogP contribution in [-0.2, 0) is 0 Å². The van der Waals surface area contributed by atoms with Crippen LogP contribution >= 0.6 is 0 Å². The molecule has 2 nitrogen and oxygen atoms in total. The average Bonchev–Trinajstić information content (AvgIpc) is 3.04. The maximum Gasteiger partial charge on any atom is 0.0382 e. The summed E-state index contributed by atoms with van der Waals surface area (Å²) in [6.45, 7) is 8.04. The summed E-state index contributed by atoms with van der Waals surface area (Å²) >= 11 is 0. The molecule has 0 amide bonds. The molecule has 2 aliphatic rings. The molecule has 1 saturated heterocycles. The minimum atomic E-state index is 0.233. The van der Waals surface area contributed by atoms with Gasteiger partial charge in [0, 0.05) is 18.6 Å². The van der Waals surface area contributed by atoms with Crippen LogP contribution < -0.4 is 5.73 Å². The van der Waals surface area contributed by atoms with Gasteiger partial charge in [0.2, 0.25) is 0 Å². The summed E-state index contributed by atoms with van der Waals surface area (Å²) in [4.78, 5) is 2.72. The van der Waals surface area contributed by atoms with E-state index in [9.17, 15) is 0 Å². The van der Waals surface area contributed by atoms with Gasteiger partial charge in [-0.25, -0.2) is 0 Å². The van der Waals surface area contributed by atoms with Crippen LogP contribution in [0.25, 0.3) is 0 Å². The fourth-order valence-electron chi connectivity index (χ4n) is 4.63. The Labute approximate surface area is 123 Å². The van der Waals surface area contributed by atoms with Gasteiger partial charge in [0.15, 0.2) is 0 Å². The third kappa shape index (κ3) is 2.10. The molecule has 1 aromatic rings. The van der Waals surface area contributed by atoms with Crippen molar-refractivity contribution in [2.75, 3.05) is 19.6 Å². The Bertz CT molecular complexity index is 454. The highest BCUT2D eigenvalue weighted by molar-refractivity contribution is 5.22. The summed E-state index contributed by atoms with van der Waals surface area (Å²) in [7, 11) is 0. The van der Waals surface area contributed by atoms with Crippen molar-refractivity contribution in [1.29, 1.82) is 0 Å². The van der Waals surface area contributed by atoms with Crippen LogP contribution in [0.3, 0.4) is 0 Å². The molecule has 0 spiro atoms. The number of rotatable bonds is 3. The van der Waals surface area contributed by atoms with Gasteiger partial charge in [0.25, 0.3) is 0 Å². The van der Waals surface area contributed by atoms with E-state index in [0.29, 0.717) is 11.3 Å². The molecule has 0 bridgehead atoms. The van der Waals surface area contributed by atoms with Crippen LogP contribution in [0.15, 0.2) is 30.3 Å². The van der Waals surface area contributed by atoms with Crippen LogP contribution in [0.5, 0.6) is 0 Å². The Morgan fingerprint density at radius 1 is 1.20 bits per heavy atom. The van der Waals surface area contributed by atoms with E-state index in [-0.39, 0.29) is 5.54 Å². The molecule has 1 aromatic carbocycles. The van der Waals surface area contributed by atoms with Crippen molar-refractivity contribution in [3.05, 3.63) is 35.9 Å². The van der Waals surface area contributed by atoms with Crippen molar-refractivity contribution in [3.63, 3.8) is 0 Å². The first-order chi connectivity index (χ1) is 9.59. The number of hydrogen-bond acceptors (Lipinski definition) is 2. The molecule has 2 atom stereocenters. The monoisotopic (exact) mass is 272 g/mol. The first kappa shape index (κ1) is 14.1. The van der Waals surface area contributed by atoms with E-state index in [4.69, 9.17) is 5.73 Å². The van der Waals surface area contributed by atoms with Gasteiger partial charge >= 0.3 is 0 Å². The molecule has 20 heavy (non-hydrogen) atoms. The molecule has 1 heterocycles. The molecule has 0 radical (unpaired) electrons. The van der Waals surface area contributed by atoms with Crippen LogP contribution in [0, 0.1) is 5.41 Å². The van der Waals surface area contributed by atoms with E-state index in [1.807, 2.05) is 0 Å². The van der Waals surface area contributed by atoms with Crippen LogP contribution in [0.2, 0.25) is 0 Å². The van der Waals surface area contributed by atoms with Gasteiger partial charge in [-0.2, -0.15) is 0 Å². The zero-order valence-corrected chi connectivity index (χ0v) is 12.9. The topological polar surface area (TPSA) is 29.3 Å². The van der Waals surface area contributed by atoms with Gasteiger partial charge < -0.3 is 5.73 Å². The Morgan fingerprint density at radius 2 is 1.95 bits per heavy atom. The molecular weight excluding hydrogens is 244 g/mol. The highest BCUT2D eigenvalue weighted by atomic mass is 15.2. The maximum atomic E-state index is 6.27. The fourth-order valence-corrected chi connectivity index (χ4v) is 4.63. The molecule has 2 N–H and O–H groups in total.